The van der Waals surface area contributed by atoms with Crippen molar-refractivity contribution in [2.75, 3.05) is 26.4 Å². The Morgan fingerprint density at radius 3 is 3.11 bits per heavy atom. The molecule has 0 aromatic rings. The molecule has 3 atom stereocenters. The highest BCUT2D eigenvalue weighted by Gasteiger charge is 2.57. The summed E-state index contributed by atoms with van der Waals surface area (Å²) >= 11 is 0. The van der Waals surface area contributed by atoms with Gasteiger partial charge in [-0.15, -0.1) is 0 Å². The Kier molecular flexibility index (Phi) is 5.19. The van der Waals surface area contributed by atoms with Gasteiger partial charge >= 0.3 is 5.97 Å². The first-order valence-electron chi connectivity index (χ1n) is 7.24. The van der Waals surface area contributed by atoms with Gasteiger partial charge in [0, 0.05) is 13.2 Å². The molecule has 1 aliphatic heterocycles. The lowest BCUT2D eigenvalue weighted by molar-refractivity contribution is -0.157. The number of hydrogen-bond donors (Lipinski definition) is 1. The fourth-order valence-corrected chi connectivity index (χ4v) is 3.23. The van der Waals surface area contributed by atoms with Gasteiger partial charge in [0.25, 0.3) is 0 Å². The Morgan fingerprint density at radius 2 is 2.37 bits per heavy atom. The van der Waals surface area contributed by atoms with Crippen LogP contribution in [0.3, 0.4) is 0 Å². The van der Waals surface area contributed by atoms with Crippen LogP contribution in [0.4, 0.5) is 0 Å². The molecule has 0 aromatic heterocycles. The van der Waals surface area contributed by atoms with E-state index >= 15 is 0 Å². The zero-order valence-electron chi connectivity index (χ0n) is 11.6. The fraction of sp³-hybridized carbons (Fsp3) is 0.929. The lowest BCUT2D eigenvalue weighted by Gasteiger charge is -2.24. The normalized spacial score (nSPS) is 33.4. The molecule has 1 saturated carbocycles. The predicted molar refractivity (Wildman–Crippen MR) is 68.7 cm³/mol. The van der Waals surface area contributed by atoms with Crippen molar-refractivity contribution in [3.63, 3.8) is 0 Å². The number of hydrogen-bond acceptors (Lipinski definition) is 5. The molecule has 1 N–H and O–H groups in total. The molecular weight excluding hydrogens is 248 g/mol. The second kappa shape index (κ2) is 6.68. The molecule has 1 aliphatic carbocycles. The smallest absolute Gasteiger partial charge is 0.314 e. The van der Waals surface area contributed by atoms with Gasteiger partial charge in [0.15, 0.2) is 0 Å². The van der Waals surface area contributed by atoms with Crippen LogP contribution in [0.15, 0.2) is 0 Å². The first-order valence-corrected chi connectivity index (χ1v) is 7.24. The van der Waals surface area contributed by atoms with Gasteiger partial charge in [-0.05, 0) is 39.0 Å². The van der Waals surface area contributed by atoms with E-state index in [2.05, 4.69) is 0 Å². The molecule has 2 fully saturated rings. The summed E-state index contributed by atoms with van der Waals surface area (Å²) in [6.07, 6.45) is 4.15. The summed E-state index contributed by atoms with van der Waals surface area (Å²) in [6.45, 7) is 3.43. The Labute approximate surface area is 114 Å². The zero-order chi connectivity index (χ0) is 13.7. The van der Waals surface area contributed by atoms with Gasteiger partial charge in [-0.1, -0.05) is 0 Å². The Bertz CT molecular complexity index is 306. The molecular formula is C14H24O5. The molecule has 0 spiro atoms. The van der Waals surface area contributed by atoms with Gasteiger partial charge in [0.1, 0.15) is 0 Å². The van der Waals surface area contributed by atoms with Crippen molar-refractivity contribution in [1.29, 1.82) is 0 Å². The number of ether oxygens (including phenoxy) is 3. The molecule has 0 unspecified atom stereocenters. The fourth-order valence-electron chi connectivity index (χ4n) is 3.23. The van der Waals surface area contributed by atoms with Gasteiger partial charge in [0.2, 0.25) is 0 Å². The summed E-state index contributed by atoms with van der Waals surface area (Å²) in [5, 5.41) is 8.69. The molecule has 19 heavy (non-hydrogen) atoms. The summed E-state index contributed by atoms with van der Waals surface area (Å²) in [4.78, 5) is 12.2. The second-order valence-corrected chi connectivity index (χ2v) is 5.37. The summed E-state index contributed by atoms with van der Waals surface area (Å²) in [5.41, 5.74) is -0.430. The standard InChI is InChI=1S/C14H24O5/c1-2-18-13(16)14-6-3-5-12(14)19-11(9-14)10-17-8-4-7-15/h11-12,15H,2-10H2,1H3/t11-,12-,14+/m0/s1. The molecule has 0 bridgehead atoms. The van der Waals surface area contributed by atoms with Crippen molar-refractivity contribution < 1.29 is 24.1 Å². The molecule has 0 radical (unpaired) electrons. The molecule has 0 amide bonds. The van der Waals surface area contributed by atoms with E-state index in [1.807, 2.05) is 6.92 Å². The van der Waals surface area contributed by atoms with Crippen LogP contribution in [0.25, 0.3) is 0 Å². The number of aliphatic hydroxyl groups is 1. The molecule has 110 valence electrons. The maximum atomic E-state index is 12.2. The molecule has 2 aliphatic rings. The lowest BCUT2D eigenvalue weighted by Crippen LogP contribution is -2.36. The van der Waals surface area contributed by atoms with Crippen molar-refractivity contribution >= 4 is 5.97 Å². The minimum absolute atomic E-state index is 0.00186. The number of fused-ring (bicyclic) bond motifs is 1. The van der Waals surface area contributed by atoms with E-state index in [0.29, 0.717) is 32.7 Å². The van der Waals surface area contributed by atoms with E-state index in [0.717, 1.165) is 19.3 Å². The van der Waals surface area contributed by atoms with Crippen LogP contribution in [0, 0.1) is 5.41 Å². The number of carbonyl (C=O) groups excluding carboxylic acids is 1. The molecule has 5 heteroatoms. The topological polar surface area (TPSA) is 65.0 Å². The van der Waals surface area contributed by atoms with Gasteiger partial charge in [0.05, 0.1) is 30.8 Å². The highest BCUT2D eigenvalue weighted by Crippen LogP contribution is 2.50. The number of esters is 1. The average molecular weight is 272 g/mol. The SMILES string of the molecule is CCOC(=O)[C@@]12CCC[C@@H]1O[C@H](COCCCO)C2. The first-order chi connectivity index (χ1) is 9.23. The summed E-state index contributed by atoms with van der Waals surface area (Å²) in [6, 6.07) is 0. The van der Waals surface area contributed by atoms with E-state index < -0.39 is 5.41 Å². The maximum Gasteiger partial charge on any atom is 0.314 e. The second-order valence-electron chi connectivity index (χ2n) is 5.37. The van der Waals surface area contributed by atoms with E-state index in [1.54, 1.807) is 0 Å². The zero-order valence-corrected chi connectivity index (χ0v) is 11.6. The van der Waals surface area contributed by atoms with E-state index in [9.17, 15) is 4.79 Å². The van der Waals surface area contributed by atoms with Crippen LogP contribution in [0.1, 0.15) is 39.0 Å². The van der Waals surface area contributed by atoms with Crippen molar-refractivity contribution in [3.8, 4) is 0 Å². The van der Waals surface area contributed by atoms with E-state index in [4.69, 9.17) is 19.3 Å². The van der Waals surface area contributed by atoms with Crippen molar-refractivity contribution in [2.45, 2.75) is 51.2 Å². The summed E-state index contributed by atoms with van der Waals surface area (Å²) in [5.74, 6) is -0.102. The van der Waals surface area contributed by atoms with Crippen LogP contribution in [0.5, 0.6) is 0 Å². The molecule has 0 aromatic carbocycles. The van der Waals surface area contributed by atoms with Gasteiger partial charge in [-0.2, -0.15) is 0 Å². The van der Waals surface area contributed by atoms with E-state index in [1.165, 1.54) is 0 Å². The van der Waals surface area contributed by atoms with Crippen LogP contribution >= 0.6 is 0 Å². The van der Waals surface area contributed by atoms with Crippen LogP contribution in [-0.4, -0.2) is 49.7 Å². The quantitative estimate of drug-likeness (QED) is 0.558. The molecule has 5 nitrogen and oxygen atoms in total. The monoisotopic (exact) mass is 272 g/mol. The van der Waals surface area contributed by atoms with Crippen LogP contribution in [-0.2, 0) is 19.0 Å². The maximum absolute atomic E-state index is 12.2. The van der Waals surface area contributed by atoms with Crippen molar-refractivity contribution in [1.82, 2.24) is 0 Å². The largest absolute Gasteiger partial charge is 0.465 e. The third-order valence-electron chi connectivity index (χ3n) is 4.09. The average Bonchev–Trinajstić information content (AvgIpc) is 2.92. The highest BCUT2D eigenvalue weighted by molar-refractivity contribution is 5.78. The number of carbonyl (C=O) groups is 1. The number of aliphatic hydroxyl groups excluding tert-OH is 1. The van der Waals surface area contributed by atoms with Crippen LogP contribution < -0.4 is 0 Å². The first kappa shape index (κ1) is 14.8. The van der Waals surface area contributed by atoms with Crippen LogP contribution in [0.2, 0.25) is 0 Å². The Morgan fingerprint density at radius 1 is 1.53 bits per heavy atom. The number of rotatable bonds is 7. The molecule has 1 saturated heterocycles. The third kappa shape index (κ3) is 3.09. The molecule has 2 rings (SSSR count). The van der Waals surface area contributed by atoms with Gasteiger partial charge < -0.3 is 19.3 Å². The Hall–Kier alpha value is -0.650. The Balaban J connectivity index is 1.87. The van der Waals surface area contributed by atoms with Crippen molar-refractivity contribution in [3.05, 3.63) is 0 Å². The minimum atomic E-state index is -0.430. The minimum Gasteiger partial charge on any atom is -0.465 e. The predicted octanol–water partition coefficient (Wildman–Crippen LogP) is 1.28. The molecule has 1 heterocycles. The van der Waals surface area contributed by atoms with E-state index in [-0.39, 0.29) is 24.8 Å². The van der Waals surface area contributed by atoms with Gasteiger partial charge in [-0.3, -0.25) is 4.79 Å². The summed E-state index contributed by atoms with van der Waals surface area (Å²) in [7, 11) is 0. The lowest BCUT2D eigenvalue weighted by atomic mass is 9.81. The van der Waals surface area contributed by atoms with Crippen molar-refractivity contribution in [2.24, 2.45) is 5.41 Å². The van der Waals surface area contributed by atoms with Gasteiger partial charge in [-0.25, -0.2) is 0 Å². The highest BCUT2D eigenvalue weighted by atomic mass is 16.6. The summed E-state index contributed by atoms with van der Waals surface area (Å²) < 4.78 is 16.6. The third-order valence-corrected chi connectivity index (χ3v) is 4.09.